The fourth-order valence-electron chi connectivity index (χ4n) is 3.87. The van der Waals surface area contributed by atoms with Crippen LogP contribution in [0.3, 0.4) is 0 Å². The largest absolute Gasteiger partial charge is 0.495 e. The number of methoxy groups -OCH3 is 2. The zero-order valence-electron chi connectivity index (χ0n) is 17.4. The number of ether oxygens (including phenoxy) is 3. The number of guanidine groups is 1. The minimum atomic E-state index is -0.196. The summed E-state index contributed by atoms with van der Waals surface area (Å²) < 4.78 is 16.9. The van der Waals surface area contributed by atoms with Gasteiger partial charge in [0.25, 0.3) is 0 Å². The molecule has 0 spiro atoms. The standard InChI is InChI=1S/C21H34N4O3/c1-4-22-20(23-17-21(27-3)9-15-28-16-10-21)25-13-11-24(12-14-25)18-7-5-6-8-19(18)26-2/h5-8H,4,9-17H2,1-3H3,(H,22,23). The van der Waals surface area contributed by atoms with E-state index in [4.69, 9.17) is 19.2 Å². The van der Waals surface area contributed by atoms with Gasteiger partial charge in [-0.25, -0.2) is 0 Å². The Morgan fingerprint density at radius 3 is 2.50 bits per heavy atom. The van der Waals surface area contributed by atoms with Gasteiger partial charge in [-0.1, -0.05) is 12.1 Å². The van der Waals surface area contributed by atoms with Gasteiger partial charge in [-0.2, -0.15) is 0 Å². The zero-order valence-corrected chi connectivity index (χ0v) is 17.4. The lowest BCUT2D eigenvalue weighted by molar-refractivity contribution is -0.0829. The predicted molar refractivity (Wildman–Crippen MR) is 113 cm³/mol. The highest BCUT2D eigenvalue weighted by molar-refractivity contribution is 5.80. The van der Waals surface area contributed by atoms with E-state index in [1.165, 1.54) is 0 Å². The molecular weight excluding hydrogens is 356 g/mol. The normalized spacial score (nSPS) is 20.2. The lowest BCUT2D eigenvalue weighted by Crippen LogP contribution is -2.53. The van der Waals surface area contributed by atoms with Crippen molar-refractivity contribution in [1.82, 2.24) is 10.2 Å². The molecule has 2 heterocycles. The Bertz CT molecular complexity index is 638. The Kier molecular flexibility index (Phi) is 7.39. The van der Waals surface area contributed by atoms with Crippen molar-refractivity contribution in [2.45, 2.75) is 25.4 Å². The van der Waals surface area contributed by atoms with Crippen molar-refractivity contribution in [3.05, 3.63) is 24.3 Å². The van der Waals surface area contributed by atoms with E-state index in [0.29, 0.717) is 6.54 Å². The van der Waals surface area contributed by atoms with Crippen molar-refractivity contribution >= 4 is 11.6 Å². The topological polar surface area (TPSA) is 58.6 Å². The third-order valence-electron chi connectivity index (χ3n) is 5.69. The van der Waals surface area contributed by atoms with Gasteiger partial charge < -0.3 is 29.3 Å². The van der Waals surface area contributed by atoms with E-state index in [1.807, 2.05) is 12.1 Å². The summed E-state index contributed by atoms with van der Waals surface area (Å²) in [6.07, 6.45) is 1.79. The van der Waals surface area contributed by atoms with E-state index in [9.17, 15) is 0 Å². The first-order valence-corrected chi connectivity index (χ1v) is 10.3. The maximum atomic E-state index is 5.84. The van der Waals surface area contributed by atoms with E-state index in [-0.39, 0.29) is 5.60 Å². The molecule has 7 nitrogen and oxygen atoms in total. The van der Waals surface area contributed by atoms with Crippen LogP contribution in [0.15, 0.2) is 29.3 Å². The number of hydrogen-bond acceptors (Lipinski definition) is 5. The van der Waals surface area contributed by atoms with E-state index < -0.39 is 0 Å². The van der Waals surface area contributed by atoms with E-state index >= 15 is 0 Å². The molecule has 156 valence electrons. The SMILES string of the molecule is CCNC(=NCC1(OC)CCOCC1)N1CCN(c2ccccc2OC)CC1. The first-order chi connectivity index (χ1) is 13.7. The highest BCUT2D eigenvalue weighted by Crippen LogP contribution is 2.28. The molecule has 0 unspecified atom stereocenters. The third kappa shape index (κ3) is 4.89. The van der Waals surface area contributed by atoms with Crippen LogP contribution >= 0.6 is 0 Å². The second kappa shape index (κ2) is 9.98. The third-order valence-corrected chi connectivity index (χ3v) is 5.69. The van der Waals surface area contributed by atoms with Crippen LogP contribution in [0.4, 0.5) is 5.69 Å². The number of nitrogens with one attached hydrogen (secondary N) is 1. The Morgan fingerprint density at radius 2 is 1.86 bits per heavy atom. The number of aliphatic imine (C=N–C) groups is 1. The highest BCUT2D eigenvalue weighted by atomic mass is 16.5. The molecule has 1 aromatic carbocycles. The molecule has 2 saturated heterocycles. The predicted octanol–water partition coefficient (Wildman–Crippen LogP) is 1.98. The number of nitrogens with zero attached hydrogens (tertiary/aromatic N) is 3. The number of para-hydroxylation sites is 2. The van der Waals surface area contributed by atoms with Gasteiger partial charge in [0.1, 0.15) is 5.75 Å². The minimum Gasteiger partial charge on any atom is -0.495 e. The number of anilines is 1. The summed E-state index contributed by atoms with van der Waals surface area (Å²) >= 11 is 0. The number of rotatable bonds is 6. The van der Waals surface area contributed by atoms with Crippen LogP contribution < -0.4 is 15.0 Å². The van der Waals surface area contributed by atoms with Gasteiger partial charge in [0, 0.05) is 65.9 Å². The second-order valence-corrected chi connectivity index (χ2v) is 7.32. The molecule has 3 rings (SSSR count). The Hall–Kier alpha value is -1.99. The molecule has 1 N–H and O–H groups in total. The fraction of sp³-hybridized carbons (Fsp3) is 0.667. The van der Waals surface area contributed by atoms with Crippen molar-refractivity contribution < 1.29 is 14.2 Å². The Balaban J connectivity index is 1.64. The van der Waals surface area contributed by atoms with Crippen molar-refractivity contribution in [3.63, 3.8) is 0 Å². The molecule has 0 aliphatic carbocycles. The summed E-state index contributed by atoms with van der Waals surface area (Å²) in [5.41, 5.74) is 0.963. The lowest BCUT2D eigenvalue weighted by atomic mass is 9.94. The van der Waals surface area contributed by atoms with Crippen LogP contribution in [0.2, 0.25) is 0 Å². The van der Waals surface area contributed by atoms with Crippen molar-refractivity contribution in [2.24, 2.45) is 4.99 Å². The molecular formula is C21H34N4O3. The van der Waals surface area contributed by atoms with Crippen molar-refractivity contribution in [2.75, 3.05) is 71.6 Å². The lowest BCUT2D eigenvalue weighted by Gasteiger charge is -2.39. The van der Waals surface area contributed by atoms with Crippen molar-refractivity contribution in [3.8, 4) is 5.75 Å². The molecule has 0 amide bonds. The van der Waals surface area contributed by atoms with Crippen LogP contribution in [0.5, 0.6) is 5.75 Å². The minimum absolute atomic E-state index is 0.196. The number of benzene rings is 1. The molecule has 0 aromatic heterocycles. The monoisotopic (exact) mass is 390 g/mol. The molecule has 0 bridgehead atoms. The molecule has 2 aliphatic heterocycles. The van der Waals surface area contributed by atoms with Gasteiger partial charge in [0.2, 0.25) is 0 Å². The smallest absolute Gasteiger partial charge is 0.194 e. The summed E-state index contributed by atoms with van der Waals surface area (Å²) in [5, 5.41) is 3.46. The van der Waals surface area contributed by atoms with Gasteiger partial charge in [0.05, 0.1) is 24.9 Å². The second-order valence-electron chi connectivity index (χ2n) is 7.32. The summed E-state index contributed by atoms with van der Waals surface area (Å²) in [7, 11) is 3.52. The van der Waals surface area contributed by atoms with Crippen LogP contribution in [-0.2, 0) is 9.47 Å². The first-order valence-electron chi connectivity index (χ1n) is 10.3. The fourth-order valence-corrected chi connectivity index (χ4v) is 3.87. The Morgan fingerprint density at radius 1 is 1.14 bits per heavy atom. The molecule has 2 aliphatic rings. The molecule has 7 heteroatoms. The van der Waals surface area contributed by atoms with Crippen LogP contribution in [0.1, 0.15) is 19.8 Å². The molecule has 0 atom stereocenters. The summed E-state index contributed by atoms with van der Waals surface area (Å²) in [6, 6.07) is 8.22. The van der Waals surface area contributed by atoms with E-state index in [0.717, 1.165) is 76.2 Å². The zero-order chi connectivity index (χ0) is 19.8. The molecule has 28 heavy (non-hydrogen) atoms. The van der Waals surface area contributed by atoms with Crippen LogP contribution in [-0.4, -0.2) is 83.2 Å². The number of piperazine rings is 1. The summed E-state index contributed by atoms with van der Waals surface area (Å²) in [6.45, 7) is 8.86. The average molecular weight is 391 g/mol. The number of hydrogen-bond donors (Lipinski definition) is 1. The van der Waals surface area contributed by atoms with E-state index in [2.05, 4.69) is 34.2 Å². The maximum Gasteiger partial charge on any atom is 0.194 e. The van der Waals surface area contributed by atoms with Gasteiger partial charge in [-0.15, -0.1) is 0 Å². The highest BCUT2D eigenvalue weighted by Gasteiger charge is 2.33. The van der Waals surface area contributed by atoms with Gasteiger partial charge in [-0.05, 0) is 19.1 Å². The van der Waals surface area contributed by atoms with Gasteiger partial charge >= 0.3 is 0 Å². The summed E-state index contributed by atoms with van der Waals surface area (Å²) in [5.74, 6) is 1.91. The molecule has 1 aromatic rings. The Labute approximate surface area is 168 Å². The molecule has 0 radical (unpaired) electrons. The maximum absolute atomic E-state index is 5.84. The van der Waals surface area contributed by atoms with E-state index in [1.54, 1.807) is 14.2 Å². The van der Waals surface area contributed by atoms with Crippen molar-refractivity contribution in [1.29, 1.82) is 0 Å². The molecule has 0 saturated carbocycles. The van der Waals surface area contributed by atoms with Crippen LogP contribution in [0.25, 0.3) is 0 Å². The van der Waals surface area contributed by atoms with Gasteiger partial charge in [-0.3, -0.25) is 4.99 Å². The average Bonchev–Trinajstić information content (AvgIpc) is 2.77. The quantitative estimate of drug-likeness (QED) is 0.592. The molecule has 2 fully saturated rings. The van der Waals surface area contributed by atoms with Crippen LogP contribution in [0, 0.1) is 0 Å². The first kappa shape index (κ1) is 20.7. The van der Waals surface area contributed by atoms with Gasteiger partial charge in [0.15, 0.2) is 5.96 Å². The summed E-state index contributed by atoms with van der Waals surface area (Å²) in [4.78, 5) is 9.67.